The first-order valence-corrected chi connectivity index (χ1v) is 4.29. The number of Topliss-reactive ketones (excluding diaryl/α,β-unsaturated/α-hetero) is 1. The van der Waals surface area contributed by atoms with E-state index in [0.29, 0.717) is 11.7 Å². The Labute approximate surface area is 61.8 Å². The molecule has 0 aromatic carbocycles. The van der Waals surface area contributed by atoms with E-state index >= 15 is 0 Å². The first-order valence-electron chi connectivity index (χ1n) is 4.29. The summed E-state index contributed by atoms with van der Waals surface area (Å²) >= 11 is 0. The summed E-state index contributed by atoms with van der Waals surface area (Å²) in [5.41, 5.74) is 0. The van der Waals surface area contributed by atoms with Crippen LogP contribution in [-0.4, -0.2) is 5.78 Å². The van der Waals surface area contributed by atoms with Gasteiger partial charge in [-0.25, -0.2) is 0 Å². The second kappa shape index (κ2) is 2.08. The Morgan fingerprint density at radius 3 is 1.80 bits per heavy atom. The smallest absolute Gasteiger partial charge is 0.133 e. The van der Waals surface area contributed by atoms with Gasteiger partial charge in [0.05, 0.1) is 0 Å². The summed E-state index contributed by atoms with van der Waals surface area (Å²) in [7, 11) is 0. The zero-order chi connectivity index (χ0) is 7.14. The molecular weight excluding hydrogens is 124 g/mol. The Morgan fingerprint density at radius 2 is 1.60 bits per heavy atom. The molecule has 0 aromatic heterocycles. The zero-order valence-electron chi connectivity index (χ0n) is 6.47. The second-order valence-corrected chi connectivity index (χ2v) is 3.81. The molecule has 2 aliphatic rings. The van der Waals surface area contributed by atoms with Gasteiger partial charge in [-0.15, -0.1) is 0 Å². The molecule has 0 unspecified atom stereocenters. The summed E-state index contributed by atoms with van der Waals surface area (Å²) < 4.78 is 0. The molecule has 2 aliphatic carbocycles. The van der Waals surface area contributed by atoms with Gasteiger partial charge in [-0.1, -0.05) is 0 Å². The van der Waals surface area contributed by atoms with Crippen LogP contribution in [0.5, 0.6) is 0 Å². The van der Waals surface area contributed by atoms with Gasteiger partial charge in [-0.3, -0.25) is 4.79 Å². The molecular formula is C9H14O. The highest BCUT2D eigenvalue weighted by atomic mass is 16.1. The topological polar surface area (TPSA) is 17.1 Å². The first kappa shape index (κ1) is 6.38. The molecule has 2 rings (SSSR count). The molecule has 0 bridgehead atoms. The number of hydrogen-bond acceptors (Lipinski definition) is 1. The van der Waals surface area contributed by atoms with Crippen LogP contribution in [0.4, 0.5) is 0 Å². The third-order valence-corrected chi connectivity index (χ3v) is 2.73. The predicted molar refractivity (Wildman–Crippen MR) is 39.6 cm³/mol. The minimum atomic E-state index is 0.449. The van der Waals surface area contributed by atoms with Crippen LogP contribution in [0.1, 0.15) is 32.6 Å². The first-order chi connectivity index (χ1) is 4.79. The quantitative estimate of drug-likeness (QED) is 0.583. The fraction of sp³-hybridized carbons (Fsp3) is 0.889. The molecule has 2 fully saturated rings. The van der Waals surface area contributed by atoms with E-state index in [0.717, 1.165) is 11.8 Å². The van der Waals surface area contributed by atoms with Crippen LogP contribution in [0.15, 0.2) is 0 Å². The van der Waals surface area contributed by atoms with Crippen LogP contribution in [0.3, 0.4) is 0 Å². The highest BCUT2D eigenvalue weighted by molar-refractivity contribution is 5.79. The largest absolute Gasteiger partial charge is 0.300 e. The second-order valence-electron chi connectivity index (χ2n) is 3.81. The maximum atomic E-state index is 11.1. The van der Waals surface area contributed by atoms with Gasteiger partial charge in [0.25, 0.3) is 0 Å². The van der Waals surface area contributed by atoms with Crippen LogP contribution in [0.25, 0.3) is 0 Å². The molecule has 0 N–H and O–H groups in total. The van der Waals surface area contributed by atoms with E-state index in [4.69, 9.17) is 0 Å². The van der Waals surface area contributed by atoms with Gasteiger partial charge in [0.1, 0.15) is 5.78 Å². The van der Waals surface area contributed by atoms with Gasteiger partial charge in [0, 0.05) is 5.92 Å². The minimum Gasteiger partial charge on any atom is -0.300 e. The van der Waals surface area contributed by atoms with Gasteiger partial charge in [0.15, 0.2) is 0 Å². The third kappa shape index (κ3) is 1.09. The van der Waals surface area contributed by atoms with E-state index in [1.165, 1.54) is 25.7 Å². The minimum absolute atomic E-state index is 0.449. The Balaban J connectivity index is 1.98. The van der Waals surface area contributed by atoms with Crippen molar-refractivity contribution in [3.8, 4) is 0 Å². The summed E-state index contributed by atoms with van der Waals surface area (Å²) in [6.07, 6.45) is 5.28. The molecule has 1 heteroatoms. The molecule has 2 saturated carbocycles. The summed E-state index contributed by atoms with van der Waals surface area (Å²) in [6.45, 7) is 1.77. The van der Waals surface area contributed by atoms with Crippen molar-refractivity contribution in [1.82, 2.24) is 0 Å². The summed E-state index contributed by atoms with van der Waals surface area (Å²) in [5, 5.41) is 0. The molecule has 0 radical (unpaired) electrons. The van der Waals surface area contributed by atoms with E-state index in [2.05, 4.69) is 0 Å². The van der Waals surface area contributed by atoms with Crippen molar-refractivity contribution in [3.05, 3.63) is 0 Å². The van der Waals surface area contributed by atoms with Gasteiger partial charge in [0.2, 0.25) is 0 Å². The van der Waals surface area contributed by atoms with Crippen LogP contribution >= 0.6 is 0 Å². The molecule has 0 spiro atoms. The van der Waals surface area contributed by atoms with Gasteiger partial charge in [-0.05, 0) is 44.4 Å². The Kier molecular flexibility index (Phi) is 1.33. The van der Waals surface area contributed by atoms with E-state index in [1.807, 2.05) is 0 Å². The lowest BCUT2D eigenvalue weighted by atomic mass is 9.94. The van der Waals surface area contributed by atoms with E-state index in [9.17, 15) is 4.79 Å². The van der Waals surface area contributed by atoms with Crippen LogP contribution in [-0.2, 0) is 4.79 Å². The fourth-order valence-electron chi connectivity index (χ4n) is 1.96. The zero-order valence-corrected chi connectivity index (χ0v) is 6.47. The van der Waals surface area contributed by atoms with Crippen LogP contribution in [0, 0.1) is 17.8 Å². The highest BCUT2D eigenvalue weighted by Gasteiger charge is 2.43. The number of rotatable bonds is 3. The number of hydrogen-bond donors (Lipinski definition) is 0. The molecule has 56 valence electrons. The molecule has 0 saturated heterocycles. The van der Waals surface area contributed by atoms with Crippen molar-refractivity contribution in [2.24, 2.45) is 17.8 Å². The van der Waals surface area contributed by atoms with Crippen molar-refractivity contribution < 1.29 is 4.79 Å². The number of ketones is 1. The van der Waals surface area contributed by atoms with Crippen molar-refractivity contribution in [3.63, 3.8) is 0 Å². The van der Waals surface area contributed by atoms with Crippen molar-refractivity contribution in [1.29, 1.82) is 0 Å². The summed E-state index contributed by atoms with van der Waals surface area (Å²) in [6, 6.07) is 0. The van der Waals surface area contributed by atoms with Crippen LogP contribution < -0.4 is 0 Å². The molecule has 0 amide bonds. The van der Waals surface area contributed by atoms with Gasteiger partial charge < -0.3 is 0 Å². The Hall–Kier alpha value is -0.330. The average molecular weight is 138 g/mol. The number of carbonyl (C=O) groups excluding carboxylic acids is 1. The maximum absolute atomic E-state index is 11.1. The fourth-order valence-corrected chi connectivity index (χ4v) is 1.96. The van der Waals surface area contributed by atoms with Crippen LogP contribution in [0.2, 0.25) is 0 Å². The van der Waals surface area contributed by atoms with Crippen molar-refractivity contribution in [2.75, 3.05) is 0 Å². The Morgan fingerprint density at radius 1 is 1.20 bits per heavy atom. The predicted octanol–water partition coefficient (Wildman–Crippen LogP) is 2.01. The lowest BCUT2D eigenvalue weighted by Crippen LogP contribution is -2.15. The summed E-state index contributed by atoms with van der Waals surface area (Å²) in [4.78, 5) is 11.1. The van der Waals surface area contributed by atoms with Crippen molar-refractivity contribution in [2.45, 2.75) is 32.6 Å². The lowest BCUT2D eigenvalue weighted by Gasteiger charge is -2.09. The molecule has 0 heterocycles. The van der Waals surface area contributed by atoms with E-state index in [1.54, 1.807) is 6.92 Å². The van der Waals surface area contributed by atoms with E-state index < -0.39 is 0 Å². The van der Waals surface area contributed by atoms with Gasteiger partial charge in [-0.2, -0.15) is 0 Å². The van der Waals surface area contributed by atoms with Crippen molar-refractivity contribution >= 4 is 5.78 Å². The molecule has 10 heavy (non-hydrogen) atoms. The SMILES string of the molecule is CC(=O)C(C1CC1)C1CC1. The highest BCUT2D eigenvalue weighted by Crippen LogP contribution is 2.49. The lowest BCUT2D eigenvalue weighted by molar-refractivity contribution is -0.122. The standard InChI is InChI=1S/C9H14O/c1-6(10)9(7-2-3-7)8-4-5-8/h7-9H,2-5H2,1H3. The average Bonchev–Trinajstić information content (AvgIpc) is 2.49. The van der Waals surface area contributed by atoms with E-state index in [-0.39, 0.29) is 0 Å². The molecule has 0 aromatic rings. The normalized spacial score (nSPS) is 25.4. The molecule has 0 aliphatic heterocycles. The maximum Gasteiger partial charge on any atom is 0.133 e. The molecule has 1 nitrogen and oxygen atoms in total. The number of carbonyl (C=O) groups is 1. The monoisotopic (exact) mass is 138 g/mol. The van der Waals surface area contributed by atoms with Gasteiger partial charge >= 0.3 is 0 Å². The molecule has 0 atom stereocenters. The Bertz CT molecular complexity index is 142. The summed E-state index contributed by atoms with van der Waals surface area (Å²) in [5.74, 6) is 2.51. The third-order valence-electron chi connectivity index (χ3n) is 2.73.